The molecule has 29 heavy (non-hydrogen) atoms. The van der Waals surface area contributed by atoms with E-state index in [9.17, 15) is 23.1 Å². The van der Waals surface area contributed by atoms with Crippen LogP contribution in [0.15, 0.2) is 33.7 Å². The quantitative estimate of drug-likeness (QED) is 0.480. The van der Waals surface area contributed by atoms with Gasteiger partial charge < -0.3 is 19.1 Å². The number of aromatic nitrogens is 1. The van der Waals surface area contributed by atoms with E-state index in [0.29, 0.717) is 0 Å². The number of carboxylic acid groups (broad SMARTS) is 1. The third kappa shape index (κ3) is 5.70. The Bertz CT molecular complexity index is 988. The van der Waals surface area contributed by atoms with Crippen molar-refractivity contribution in [1.82, 2.24) is 5.16 Å². The molecule has 2 rings (SSSR count). The number of carbonyl (C=O) groups excluding carboxylic acids is 1. The van der Waals surface area contributed by atoms with Crippen LogP contribution >= 0.6 is 0 Å². The Morgan fingerprint density at radius 1 is 1.17 bits per heavy atom. The Hall–Kier alpha value is -3.08. The summed E-state index contributed by atoms with van der Waals surface area (Å²) in [4.78, 5) is 22.2. The molecule has 2 aromatic rings. The molecule has 1 aromatic heterocycles. The summed E-state index contributed by atoms with van der Waals surface area (Å²) in [7, 11) is -4.13. The number of sulfonamides is 1. The molecule has 0 atom stereocenters. The van der Waals surface area contributed by atoms with Gasteiger partial charge >= 0.3 is 11.9 Å². The second-order valence-corrected chi connectivity index (χ2v) is 8.75. The first-order valence-electron chi connectivity index (χ1n) is 8.54. The number of esters is 1. The first kappa shape index (κ1) is 22.2. The van der Waals surface area contributed by atoms with Crippen LogP contribution < -0.4 is 9.46 Å². The number of rotatable bonds is 8. The predicted octanol–water partition coefficient (Wildman–Crippen LogP) is 2.41. The Balaban J connectivity index is 2.21. The zero-order chi connectivity index (χ0) is 21.8. The number of nitrogens with zero attached hydrogens (tertiary/aromatic N) is 1. The monoisotopic (exact) mass is 426 g/mol. The van der Waals surface area contributed by atoms with Crippen LogP contribution in [0, 0.1) is 0 Å². The molecule has 0 amide bonds. The van der Waals surface area contributed by atoms with Crippen molar-refractivity contribution in [2.75, 3.05) is 17.9 Å². The number of ether oxygens (including phenoxy) is 2. The highest BCUT2D eigenvalue weighted by atomic mass is 32.2. The van der Waals surface area contributed by atoms with E-state index in [0.717, 1.165) is 5.56 Å². The third-order valence-corrected chi connectivity index (χ3v) is 5.11. The van der Waals surface area contributed by atoms with Gasteiger partial charge in [0.1, 0.15) is 13.2 Å². The van der Waals surface area contributed by atoms with Crippen LogP contribution in [0.5, 0.6) is 5.88 Å². The van der Waals surface area contributed by atoms with Gasteiger partial charge in [0, 0.05) is 6.92 Å². The van der Waals surface area contributed by atoms with Crippen LogP contribution in [0.2, 0.25) is 0 Å². The van der Waals surface area contributed by atoms with Crippen molar-refractivity contribution >= 4 is 27.8 Å². The van der Waals surface area contributed by atoms with Crippen molar-refractivity contribution in [2.24, 2.45) is 0 Å². The van der Waals surface area contributed by atoms with Crippen molar-refractivity contribution in [2.45, 2.75) is 38.0 Å². The van der Waals surface area contributed by atoms with Crippen molar-refractivity contribution in [3.05, 3.63) is 35.4 Å². The van der Waals surface area contributed by atoms with E-state index in [-0.39, 0.29) is 23.5 Å². The highest BCUT2D eigenvalue weighted by Gasteiger charge is 2.28. The summed E-state index contributed by atoms with van der Waals surface area (Å²) in [6, 6.07) is 6.18. The minimum atomic E-state index is -4.13. The summed E-state index contributed by atoms with van der Waals surface area (Å²) in [6.45, 7) is 6.86. The first-order valence-corrected chi connectivity index (χ1v) is 10.0. The van der Waals surface area contributed by atoms with E-state index in [1.165, 1.54) is 19.1 Å². The Morgan fingerprint density at radius 2 is 1.79 bits per heavy atom. The molecule has 2 N–H and O–H groups in total. The minimum Gasteiger partial charge on any atom is -0.477 e. The number of hydrogen-bond acceptors (Lipinski definition) is 8. The number of carboxylic acids is 1. The van der Waals surface area contributed by atoms with Gasteiger partial charge in [0.2, 0.25) is 0 Å². The van der Waals surface area contributed by atoms with Crippen LogP contribution in [-0.2, 0) is 25.0 Å². The molecule has 11 heteroatoms. The molecular weight excluding hydrogens is 404 g/mol. The molecule has 0 spiro atoms. The average Bonchev–Trinajstić information content (AvgIpc) is 3.00. The van der Waals surface area contributed by atoms with Gasteiger partial charge in [-0.25, -0.2) is 17.9 Å². The van der Waals surface area contributed by atoms with Crippen LogP contribution in [-0.4, -0.2) is 43.8 Å². The van der Waals surface area contributed by atoms with Gasteiger partial charge in [0.25, 0.3) is 21.8 Å². The number of hydrogen-bond donors (Lipinski definition) is 2. The molecule has 1 heterocycles. The summed E-state index contributed by atoms with van der Waals surface area (Å²) < 4.78 is 41.8. The molecule has 0 aliphatic carbocycles. The van der Waals surface area contributed by atoms with E-state index in [4.69, 9.17) is 9.26 Å². The number of aromatic carboxylic acids is 1. The summed E-state index contributed by atoms with van der Waals surface area (Å²) in [5.41, 5.74) is 0.184. The molecule has 0 unspecified atom stereocenters. The van der Waals surface area contributed by atoms with Gasteiger partial charge in [-0.15, -0.1) is 0 Å². The SMILES string of the molecule is CC(=O)OCCOc1noc(NS(=O)(=O)c2ccc(C(C)(C)C)cc2)c1C(=O)O. The van der Waals surface area contributed by atoms with E-state index in [1.54, 1.807) is 12.1 Å². The molecule has 10 nitrogen and oxygen atoms in total. The second kappa shape index (κ2) is 8.52. The normalized spacial score (nSPS) is 11.7. The Kier molecular flexibility index (Phi) is 6.52. The standard InChI is InChI=1S/C18H22N2O8S/c1-11(21)26-9-10-27-15-14(17(22)23)16(28-19-15)20-29(24,25)13-7-5-12(6-8-13)18(2,3)4/h5-8,20H,9-10H2,1-4H3,(H,22,23). The largest absolute Gasteiger partial charge is 0.477 e. The summed E-state index contributed by atoms with van der Waals surface area (Å²) in [5, 5.41) is 12.8. The molecular formula is C18H22N2O8S. The zero-order valence-electron chi connectivity index (χ0n) is 16.4. The maximum atomic E-state index is 12.6. The van der Waals surface area contributed by atoms with Crippen LogP contribution in [0.3, 0.4) is 0 Å². The van der Waals surface area contributed by atoms with Gasteiger partial charge in [-0.1, -0.05) is 32.9 Å². The molecule has 0 fully saturated rings. The lowest BCUT2D eigenvalue weighted by molar-refractivity contribution is -0.141. The predicted molar refractivity (Wildman–Crippen MR) is 102 cm³/mol. The zero-order valence-corrected chi connectivity index (χ0v) is 17.2. The summed E-state index contributed by atoms with van der Waals surface area (Å²) in [6.07, 6.45) is 0. The number of benzene rings is 1. The topological polar surface area (TPSA) is 145 Å². The van der Waals surface area contributed by atoms with Crippen molar-refractivity contribution in [1.29, 1.82) is 0 Å². The van der Waals surface area contributed by atoms with E-state index in [2.05, 4.69) is 14.6 Å². The summed E-state index contributed by atoms with van der Waals surface area (Å²) in [5.74, 6) is -3.07. The highest BCUT2D eigenvalue weighted by molar-refractivity contribution is 7.92. The lowest BCUT2D eigenvalue weighted by Gasteiger charge is -2.19. The first-order chi connectivity index (χ1) is 13.4. The molecule has 0 radical (unpaired) electrons. The third-order valence-electron chi connectivity index (χ3n) is 3.76. The number of anilines is 1. The van der Waals surface area contributed by atoms with Crippen molar-refractivity contribution in [3.63, 3.8) is 0 Å². The Morgan fingerprint density at radius 3 is 2.31 bits per heavy atom. The second-order valence-electron chi connectivity index (χ2n) is 7.07. The number of carbonyl (C=O) groups is 2. The van der Waals surface area contributed by atoms with E-state index in [1.807, 2.05) is 20.8 Å². The van der Waals surface area contributed by atoms with Crippen LogP contribution in [0.4, 0.5) is 5.88 Å². The molecule has 158 valence electrons. The van der Waals surface area contributed by atoms with E-state index < -0.39 is 39.3 Å². The minimum absolute atomic E-state index is 0.0736. The maximum absolute atomic E-state index is 12.6. The molecule has 0 aliphatic heterocycles. The van der Waals surface area contributed by atoms with Gasteiger partial charge in [-0.3, -0.25) is 4.79 Å². The molecule has 0 aliphatic rings. The fourth-order valence-corrected chi connectivity index (χ4v) is 3.27. The molecule has 0 saturated heterocycles. The van der Waals surface area contributed by atoms with Gasteiger partial charge in [-0.2, -0.15) is 0 Å². The van der Waals surface area contributed by atoms with Gasteiger partial charge in [0.05, 0.1) is 4.90 Å². The van der Waals surface area contributed by atoms with Crippen LogP contribution in [0.1, 0.15) is 43.6 Å². The smallest absolute Gasteiger partial charge is 0.347 e. The lowest BCUT2D eigenvalue weighted by atomic mass is 9.87. The average molecular weight is 426 g/mol. The van der Waals surface area contributed by atoms with Gasteiger partial charge in [0.15, 0.2) is 5.56 Å². The van der Waals surface area contributed by atoms with Crippen molar-refractivity contribution < 1.29 is 37.1 Å². The summed E-state index contributed by atoms with van der Waals surface area (Å²) >= 11 is 0. The number of nitrogens with one attached hydrogen (secondary N) is 1. The van der Waals surface area contributed by atoms with Gasteiger partial charge in [-0.05, 0) is 28.3 Å². The Labute approximate surface area is 167 Å². The molecule has 0 bridgehead atoms. The molecule has 0 saturated carbocycles. The van der Waals surface area contributed by atoms with E-state index >= 15 is 0 Å². The lowest BCUT2D eigenvalue weighted by Crippen LogP contribution is -2.16. The fourth-order valence-electron chi connectivity index (χ4n) is 2.27. The maximum Gasteiger partial charge on any atom is 0.347 e. The van der Waals surface area contributed by atoms with Crippen molar-refractivity contribution in [3.8, 4) is 5.88 Å². The highest BCUT2D eigenvalue weighted by Crippen LogP contribution is 2.29. The fraction of sp³-hybridized carbons (Fsp3) is 0.389. The molecule has 1 aromatic carbocycles. The van der Waals surface area contributed by atoms with Crippen LogP contribution in [0.25, 0.3) is 0 Å².